The van der Waals surface area contributed by atoms with Crippen LogP contribution in [0.4, 0.5) is 0 Å². The van der Waals surface area contributed by atoms with Crippen LogP contribution in [0, 0.1) is 0 Å². The predicted molar refractivity (Wildman–Crippen MR) is 75.0 cm³/mol. The molecule has 1 saturated heterocycles. The molecule has 1 aliphatic heterocycles. The lowest BCUT2D eigenvalue weighted by Crippen LogP contribution is -2.47. The van der Waals surface area contributed by atoms with Gasteiger partial charge in [0.1, 0.15) is 0 Å². The molecule has 1 aliphatic carbocycles. The summed E-state index contributed by atoms with van der Waals surface area (Å²) in [6.45, 7) is 3.05. The first-order chi connectivity index (χ1) is 9.25. The number of aromatic nitrogens is 2. The Labute approximate surface area is 115 Å². The predicted octanol–water partition coefficient (Wildman–Crippen LogP) is 2.28. The molecule has 0 spiro atoms. The van der Waals surface area contributed by atoms with E-state index in [4.69, 9.17) is 0 Å². The summed E-state index contributed by atoms with van der Waals surface area (Å²) in [5.74, 6) is 0.559. The smallest absolute Gasteiger partial charge is 0.0774 e. The molecule has 1 aromatic rings. The third-order valence-corrected chi connectivity index (χ3v) is 4.77. The third kappa shape index (κ3) is 3.18. The number of aromatic amines is 1. The van der Waals surface area contributed by atoms with E-state index in [1.54, 1.807) is 0 Å². The fraction of sp³-hybridized carbons (Fsp3) is 0.800. The molecule has 0 amide bonds. The van der Waals surface area contributed by atoms with Gasteiger partial charge in [-0.2, -0.15) is 5.10 Å². The van der Waals surface area contributed by atoms with Gasteiger partial charge in [-0.1, -0.05) is 19.3 Å². The topological polar surface area (TPSA) is 52.1 Å². The zero-order valence-electron chi connectivity index (χ0n) is 11.6. The van der Waals surface area contributed by atoms with Crippen LogP contribution in [0.2, 0.25) is 0 Å². The molecule has 1 aromatic heterocycles. The molecule has 3 rings (SSSR count). The lowest BCUT2D eigenvalue weighted by Gasteiger charge is -2.40. The van der Waals surface area contributed by atoms with Gasteiger partial charge in [0.05, 0.1) is 5.60 Å². The van der Waals surface area contributed by atoms with Gasteiger partial charge < -0.3 is 5.11 Å². The highest BCUT2D eigenvalue weighted by Crippen LogP contribution is 2.31. The van der Waals surface area contributed by atoms with Crippen molar-refractivity contribution in [3.8, 4) is 0 Å². The summed E-state index contributed by atoms with van der Waals surface area (Å²) in [5, 5.41) is 17.8. The fourth-order valence-electron chi connectivity index (χ4n) is 3.73. The Morgan fingerprint density at radius 1 is 1.32 bits per heavy atom. The van der Waals surface area contributed by atoms with Gasteiger partial charge >= 0.3 is 0 Å². The van der Waals surface area contributed by atoms with Crippen LogP contribution >= 0.6 is 0 Å². The fourth-order valence-corrected chi connectivity index (χ4v) is 3.73. The molecule has 2 aliphatic rings. The largest absolute Gasteiger partial charge is 0.389 e. The van der Waals surface area contributed by atoms with Crippen molar-refractivity contribution in [3.05, 3.63) is 18.0 Å². The minimum absolute atomic E-state index is 0.422. The summed E-state index contributed by atoms with van der Waals surface area (Å²) in [7, 11) is 0. The second-order valence-electron chi connectivity index (χ2n) is 6.37. The van der Waals surface area contributed by atoms with E-state index in [9.17, 15) is 5.11 Å². The molecule has 1 atom stereocenters. The maximum atomic E-state index is 10.7. The molecule has 4 heteroatoms. The lowest BCUT2D eigenvalue weighted by molar-refractivity contribution is -0.0314. The van der Waals surface area contributed by atoms with Crippen LogP contribution in [0.5, 0.6) is 0 Å². The average molecular weight is 263 g/mol. The average Bonchev–Trinajstić information content (AvgIpc) is 2.93. The molecular formula is C15H25N3O. The summed E-state index contributed by atoms with van der Waals surface area (Å²) in [5.41, 5.74) is 0.828. The van der Waals surface area contributed by atoms with E-state index < -0.39 is 5.60 Å². The van der Waals surface area contributed by atoms with Gasteiger partial charge in [0.15, 0.2) is 0 Å². The van der Waals surface area contributed by atoms with Crippen molar-refractivity contribution in [2.45, 2.75) is 56.5 Å². The Kier molecular flexibility index (Phi) is 3.89. The van der Waals surface area contributed by atoms with Crippen molar-refractivity contribution >= 4 is 0 Å². The van der Waals surface area contributed by atoms with E-state index in [2.05, 4.69) is 21.2 Å². The Balaban J connectivity index is 1.59. The number of rotatable bonds is 3. The van der Waals surface area contributed by atoms with E-state index in [1.807, 2.05) is 6.20 Å². The first-order valence-electron chi connectivity index (χ1n) is 7.69. The molecule has 19 heavy (non-hydrogen) atoms. The number of nitrogens with zero attached hydrogens (tertiary/aromatic N) is 2. The standard InChI is InChI=1S/C15H25N3O/c19-15(7-2-1-3-8-15)12-18-10-4-5-13(11-18)14-6-9-16-17-14/h6,9,13,19H,1-5,7-8,10-12H2,(H,16,17)/t13-/m1/s1. The van der Waals surface area contributed by atoms with Crippen molar-refractivity contribution in [3.63, 3.8) is 0 Å². The zero-order valence-corrected chi connectivity index (χ0v) is 11.6. The SMILES string of the molecule is OC1(CN2CCC[C@@H](c3ccn[nH]3)C2)CCCCC1. The van der Waals surface area contributed by atoms with Gasteiger partial charge in [-0.05, 0) is 38.3 Å². The Bertz CT molecular complexity index is 384. The first-order valence-corrected chi connectivity index (χ1v) is 7.69. The van der Waals surface area contributed by atoms with E-state index in [1.165, 1.54) is 37.8 Å². The molecular weight excluding hydrogens is 238 g/mol. The van der Waals surface area contributed by atoms with Gasteiger partial charge in [0.2, 0.25) is 0 Å². The van der Waals surface area contributed by atoms with Crippen LogP contribution in [0.3, 0.4) is 0 Å². The van der Waals surface area contributed by atoms with Gasteiger partial charge in [0, 0.05) is 30.9 Å². The van der Waals surface area contributed by atoms with Crippen molar-refractivity contribution in [2.24, 2.45) is 0 Å². The molecule has 1 saturated carbocycles. The van der Waals surface area contributed by atoms with Crippen molar-refractivity contribution < 1.29 is 5.11 Å². The zero-order chi connectivity index (χ0) is 13.1. The Hall–Kier alpha value is -0.870. The first kappa shape index (κ1) is 13.1. The van der Waals surface area contributed by atoms with E-state index in [0.717, 1.165) is 32.5 Å². The number of piperidine rings is 1. The van der Waals surface area contributed by atoms with E-state index >= 15 is 0 Å². The van der Waals surface area contributed by atoms with Crippen molar-refractivity contribution in [2.75, 3.05) is 19.6 Å². The van der Waals surface area contributed by atoms with Crippen LogP contribution < -0.4 is 0 Å². The summed E-state index contributed by atoms with van der Waals surface area (Å²) < 4.78 is 0. The number of β-amino-alcohol motifs (C(OH)–C–C–N with tert-alkyl or cyclic N) is 1. The van der Waals surface area contributed by atoms with Crippen LogP contribution in [0.1, 0.15) is 56.6 Å². The lowest BCUT2D eigenvalue weighted by atomic mass is 9.83. The number of aliphatic hydroxyl groups is 1. The molecule has 2 N–H and O–H groups in total. The van der Waals surface area contributed by atoms with E-state index in [-0.39, 0.29) is 0 Å². The number of likely N-dealkylation sites (tertiary alicyclic amines) is 1. The van der Waals surface area contributed by atoms with Crippen LogP contribution in [-0.4, -0.2) is 45.4 Å². The summed E-state index contributed by atoms with van der Waals surface area (Å²) >= 11 is 0. The molecule has 2 fully saturated rings. The Morgan fingerprint density at radius 3 is 2.89 bits per heavy atom. The van der Waals surface area contributed by atoms with Crippen LogP contribution in [0.25, 0.3) is 0 Å². The number of hydrogen-bond acceptors (Lipinski definition) is 3. The Morgan fingerprint density at radius 2 is 2.16 bits per heavy atom. The van der Waals surface area contributed by atoms with Crippen LogP contribution in [-0.2, 0) is 0 Å². The number of hydrogen-bond donors (Lipinski definition) is 2. The third-order valence-electron chi connectivity index (χ3n) is 4.77. The quantitative estimate of drug-likeness (QED) is 0.879. The normalized spacial score (nSPS) is 28.4. The highest BCUT2D eigenvalue weighted by atomic mass is 16.3. The highest BCUT2D eigenvalue weighted by molar-refractivity contribution is 5.07. The molecule has 4 nitrogen and oxygen atoms in total. The molecule has 0 unspecified atom stereocenters. The van der Waals surface area contributed by atoms with Gasteiger partial charge in [-0.25, -0.2) is 0 Å². The highest BCUT2D eigenvalue weighted by Gasteiger charge is 2.33. The molecule has 0 radical (unpaired) electrons. The summed E-state index contributed by atoms with van der Waals surface area (Å²) in [6.07, 6.45) is 9.93. The second-order valence-corrected chi connectivity index (χ2v) is 6.37. The molecule has 106 valence electrons. The maximum Gasteiger partial charge on any atom is 0.0774 e. The van der Waals surface area contributed by atoms with Crippen LogP contribution in [0.15, 0.2) is 12.3 Å². The molecule has 2 heterocycles. The molecule has 0 aromatic carbocycles. The second kappa shape index (κ2) is 5.63. The minimum Gasteiger partial charge on any atom is -0.389 e. The van der Waals surface area contributed by atoms with Gasteiger partial charge in [-0.3, -0.25) is 10.00 Å². The van der Waals surface area contributed by atoms with Gasteiger partial charge in [-0.15, -0.1) is 0 Å². The number of H-pyrrole nitrogens is 1. The minimum atomic E-state index is -0.422. The van der Waals surface area contributed by atoms with E-state index in [0.29, 0.717) is 5.92 Å². The summed E-state index contributed by atoms with van der Waals surface area (Å²) in [4.78, 5) is 2.46. The van der Waals surface area contributed by atoms with Crippen molar-refractivity contribution in [1.82, 2.24) is 15.1 Å². The number of nitrogens with one attached hydrogen (secondary N) is 1. The molecule has 0 bridgehead atoms. The maximum absolute atomic E-state index is 10.7. The van der Waals surface area contributed by atoms with Gasteiger partial charge in [0.25, 0.3) is 0 Å². The van der Waals surface area contributed by atoms with Crippen molar-refractivity contribution in [1.29, 1.82) is 0 Å². The monoisotopic (exact) mass is 263 g/mol. The summed E-state index contributed by atoms with van der Waals surface area (Å²) in [6, 6.07) is 2.09.